The molecule has 10 heteroatoms. The Morgan fingerprint density at radius 3 is 1.03 bits per heavy atom. The summed E-state index contributed by atoms with van der Waals surface area (Å²) in [6, 6.07) is 66.9. The van der Waals surface area contributed by atoms with Gasteiger partial charge >= 0.3 is 21.1 Å². The van der Waals surface area contributed by atoms with Gasteiger partial charge in [0, 0.05) is 38.1 Å². The molecule has 4 heterocycles. The van der Waals surface area contributed by atoms with Crippen molar-refractivity contribution < 1.29 is 25.8 Å². The van der Waals surface area contributed by atoms with Gasteiger partial charge in [0.05, 0.1) is 12.4 Å². The molecule has 0 unspecified atom stereocenters. The van der Waals surface area contributed by atoms with Crippen LogP contribution in [0.1, 0.15) is 0 Å². The quantitative estimate of drug-likeness (QED) is 0.142. The largest absolute Gasteiger partial charge is 2.00 e. The molecule has 0 saturated heterocycles. The zero-order chi connectivity index (χ0) is 44.8. The molecule has 12 rings (SSSR count). The van der Waals surface area contributed by atoms with Crippen molar-refractivity contribution in [3.8, 4) is 78.5 Å². The average molecular weight is 1060 g/mol. The number of para-hydroxylation sites is 4. The molecule has 2 aromatic heterocycles. The van der Waals surface area contributed by atoms with Crippen LogP contribution in [-0.4, -0.2) is 31.8 Å². The third kappa shape index (κ3) is 7.43. The Bertz CT molecular complexity index is 3300. The van der Waals surface area contributed by atoms with Gasteiger partial charge in [-0.25, -0.2) is 9.97 Å². The number of aryl methyl sites for hydroxylation is 2. The fourth-order valence-electron chi connectivity index (χ4n) is 9.24. The van der Waals surface area contributed by atoms with E-state index in [4.69, 9.17) is 24.7 Å². The van der Waals surface area contributed by atoms with Crippen LogP contribution in [-0.2, 0) is 35.2 Å². The van der Waals surface area contributed by atoms with Crippen LogP contribution in [0.25, 0.3) is 66.8 Å². The molecule has 8 aromatic carbocycles. The summed E-state index contributed by atoms with van der Waals surface area (Å²) in [7, 11) is 3.90. The van der Waals surface area contributed by atoms with Gasteiger partial charge in [0.15, 0.2) is 0 Å². The molecule has 0 aliphatic carbocycles. The van der Waals surface area contributed by atoms with E-state index in [1.165, 1.54) is 0 Å². The maximum Gasteiger partial charge on any atom is 2.00 e. The minimum atomic E-state index is 0. The first-order valence-corrected chi connectivity index (χ1v) is 22.1. The predicted octanol–water partition coefficient (Wildman–Crippen LogP) is 14.3. The molecule has 2 aliphatic rings. The second-order valence-corrected chi connectivity index (χ2v) is 16.4. The zero-order valence-electron chi connectivity index (χ0n) is 36.9. The van der Waals surface area contributed by atoms with Gasteiger partial charge in [-0.3, -0.25) is 0 Å². The number of ether oxygens (including phenoxy) is 1. The topological polar surface area (TPSA) is 76.1 Å². The fraction of sp³-hybridized carbons (Fsp3) is 0.0345. The smallest absolute Gasteiger partial charge is 0.419 e. The molecule has 9 nitrogen and oxygen atoms in total. The minimum absolute atomic E-state index is 0. The first-order valence-electron chi connectivity index (χ1n) is 22.1. The first-order chi connectivity index (χ1) is 33.1. The number of imidazole rings is 2. The number of rotatable bonds is 8. The van der Waals surface area contributed by atoms with Crippen LogP contribution in [0, 0.1) is 0 Å². The molecule has 0 saturated carbocycles. The van der Waals surface area contributed by atoms with E-state index in [1.54, 1.807) is 0 Å². The van der Waals surface area contributed by atoms with Crippen molar-refractivity contribution in [2.45, 2.75) is 0 Å². The zero-order valence-corrected chi connectivity index (χ0v) is 39.2. The van der Waals surface area contributed by atoms with Gasteiger partial charge in [0.2, 0.25) is 11.8 Å². The number of benzene rings is 8. The van der Waals surface area contributed by atoms with Gasteiger partial charge in [-0.1, -0.05) is 194 Å². The summed E-state index contributed by atoms with van der Waals surface area (Å²) in [5.74, 6) is 1.84. The van der Waals surface area contributed by atoms with Gasteiger partial charge in [0.25, 0.3) is 0 Å². The molecule has 2 aliphatic heterocycles. The van der Waals surface area contributed by atoms with Gasteiger partial charge in [-0.05, 0) is 78.1 Å². The molecule has 0 bridgehead atoms. The van der Waals surface area contributed by atoms with Gasteiger partial charge in [0.1, 0.15) is 11.9 Å². The third-order valence-corrected chi connectivity index (χ3v) is 12.3. The summed E-state index contributed by atoms with van der Waals surface area (Å²) in [5.41, 5.74) is 15.8. The van der Waals surface area contributed by atoms with Crippen molar-refractivity contribution in [2.75, 3.05) is 9.80 Å². The Balaban J connectivity index is 0.00000507. The van der Waals surface area contributed by atoms with Crippen LogP contribution in [0.3, 0.4) is 0 Å². The number of nitrogens with zero attached hydrogens (tertiary/aromatic N) is 8. The van der Waals surface area contributed by atoms with Crippen LogP contribution in [0.15, 0.2) is 217 Å². The number of hydrogen-bond donors (Lipinski definition) is 0. The Hall–Kier alpha value is -8.39. The summed E-state index contributed by atoms with van der Waals surface area (Å²) >= 11 is 0. The normalized spacial score (nSPS) is 12.3. The van der Waals surface area contributed by atoms with E-state index in [9.17, 15) is 0 Å². The standard InChI is InChI=1S/C58H40N8O.Pt/c1-63-35-51(61-57(63)65-37-59-53-43(39-19-7-3-8-20-39)27-15-31-47(53)49-33-17-29-45(55(49)65)41-23-11-5-12-24-41)67-52-36-64(2)58(62-52)66-38-60-54-44(40-21-9-4-10-22-40)28-16-32-48(54)50-34-18-30-46(56(50)66)42-25-13-6-14-26-42;/h3-36H,1-2H3;/q-2;+2. The van der Waals surface area contributed by atoms with Crippen molar-refractivity contribution in [3.05, 3.63) is 207 Å². The summed E-state index contributed by atoms with van der Waals surface area (Å²) < 4.78 is 10.5. The van der Waals surface area contributed by atoms with Gasteiger partial charge < -0.3 is 33.7 Å². The summed E-state index contributed by atoms with van der Waals surface area (Å²) in [5, 5.41) is 0. The molecular weight excluding hydrogens is 1020 g/mol. The Kier molecular flexibility index (Phi) is 11.0. The summed E-state index contributed by atoms with van der Waals surface area (Å²) in [6.45, 7) is 0. The van der Waals surface area contributed by atoms with E-state index >= 15 is 0 Å². The second-order valence-electron chi connectivity index (χ2n) is 16.4. The molecule has 68 heavy (non-hydrogen) atoms. The molecule has 328 valence electrons. The molecule has 0 N–H and O–H groups in total. The van der Waals surface area contributed by atoms with Gasteiger partial charge in [-0.15, -0.1) is 0 Å². The van der Waals surface area contributed by atoms with Crippen LogP contribution >= 0.6 is 0 Å². The predicted molar refractivity (Wildman–Crippen MR) is 270 cm³/mol. The Labute approximate surface area is 408 Å². The van der Waals surface area contributed by atoms with Crippen LogP contribution < -0.4 is 14.5 Å². The van der Waals surface area contributed by atoms with Gasteiger partial charge in [-0.2, -0.15) is 0 Å². The van der Waals surface area contributed by atoms with E-state index in [2.05, 4.69) is 158 Å². The Morgan fingerprint density at radius 1 is 0.353 bits per heavy atom. The van der Waals surface area contributed by atoms with Crippen LogP contribution in [0.5, 0.6) is 11.8 Å². The van der Waals surface area contributed by atoms with Crippen LogP contribution in [0.2, 0.25) is 0 Å². The molecule has 0 fully saturated rings. The Morgan fingerprint density at radius 2 is 0.662 bits per heavy atom. The van der Waals surface area contributed by atoms with Crippen molar-refractivity contribution >= 4 is 47.3 Å². The minimum Gasteiger partial charge on any atom is -0.419 e. The van der Waals surface area contributed by atoms with Crippen molar-refractivity contribution in [2.24, 2.45) is 24.1 Å². The molecule has 0 atom stereocenters. The fourth-order valence-corrected chi connectivity index (χ4v) is 9.24. The SMILES string of the molecule is Cn1cc(Oc2cn(C)c(N3[C-]=Nc4c(-c5ccccc5)cccc4-c4cccc(-c5ccccc5)c43)n2)nc1N1[C-]=Nc2c(-c3ccccc3)cccc2-c2cccc(-c3ccccc3)c21.[Pt+2]. The molecule has 0 radical (unpaired) electrons. The van der Waals surface area contributed by atoms with E-state index in [-0.39, 0.29) is 21.1 Å². The second kappa shape index (κ2) is 17.8. The number of aliphatic imine (C=N–C) groups is 2. The summed E-state index contributed by atoms with van der Waals surface area (Å²) in [6.07, 6.45) is 10.6. The van der Waals surface area contributed by atoms with E-state index in [1.807, 2.05) is 94.0 Å². The van der Waals surface area contributed by atoms with Crippen molar-refractivity contribution in [1.82, 2.24) is 19.1 Å². The van der Waals surface area contributed by atoms with Crippen molar-refractivity contribution in [3.63, 3.8) is 0 Å². The maximum absolute atomic E-state index is 6.59. The van der Waals surface area contributed by atoms with E-state index < -0.39 is 0 Å². The molecule has 0 spiro atoms. The monoisotopic (exact) mass is 1060 g/mol. The van der Waals surface area contributed by atoms with Crippen LogP contribution in [0.4, 0.5) is 34.6 Å². The number of anilines is 4. The summed E-state index contributed by atoms with van der Waals surface area (Å²) in [4.78, 5) is 24.3. The van der Waals surface area contributed by atoms with E-state index in [0.29, 0.717) is 23.7 Å². The molecule has 10 aromatic rings. The number of aromatic nitrogens is 4. The van der Waals surface area contributed by atoms with E-state index in [0.717, 1.165) is 89.5 Å². The van der Waals surface area contributed by atoms with Crippen molar-refractivity contribution in [1.29, 1.82) is 0 Å². The average Bonchev–Trinajstić information content (AvgIpc) is 3.81. The number of fused-ring (bicyclic) bond motifs is 6. The number of hydrogen-bond acceptors (Lipinski definition) is 7. The first kappa shape index (κ1) is 42.3. The molecule has 0 amide bonds. The third-order valence-electron chi connectivity index (χ3n) is 12.3. The maximum atomic E-state index is 6.59. The molecular formula is C58H40N8OPt.